The second kappa shape index (κ2) is 9.19. The first kappa shape index (κ1) is 20.9. The zero-order valence-electron chi connectivity index (χ0n) is 17.6. The van der Waals surface area contributed by atoms with Crippen molar-refractivity contribution in [1.82, 2.24) is 10.3 Å². The number of nitrogens with one attached hydrogen (secondary N) is 1. The first-order valence-electron chi connectivity index (χ1n) is 10.7. The second-order valence-corrected chi connectivity index (χ2v) is 9.48. The van der Waals surface area contributed by atoms with Gasteiger partial charge in [-0.15, -0.1) is 0 Å². The van der Waals surface area contributed by atoms with Crippen molar-refractivity contribution >= 4 is 28.0 Å². The Kier molecular flexibility index (Phi) is 6.40. The molecule has 1 aliphatic rings. The van der Waals surface area contributed by atoms with Crippen molar-refractivity contribution < 1.29 is 9.35 Å². The maximum atomic E-state index is 13.5. The van der Waals surface area contributed by atoms with Gasteiger partial charge in [-0.3, -0.25) is 4.79 Å². The molecular weight excluding hydrogens is 392 g/mol. The standard InChI is InChI=1S/C25H28N2O2S/c1-17(18-11-5-3-6-12-18)26-25(28)22-20-15-9-10-16-21(20)27-23(24(22)30(2)29)19-13-7-4-8-14-19/h4,7-10,13-18H,3,5-6,11-12H2,1-2H3,(H,26,28). The van der Waals surface area contributed by atoms with Gasteiger partial charge in [-0.05, 0) is 42.9 Å². The maximum absolute atomic E-state index is 13.5. The molecule has 0 spiro atoms. The van der Waals surface area contributed by atoms with Crippen LogP contribution in [0.25, 0.3) is 22.2 Å². The molecule has 1 amide bonds. The number of fused-ring (bicyclic) bond motifs is 1. The van der Waals surface area contributed by atoms with Crippen LogP contribution >= 0.6 is 0 Å². The highest BCUT2D eigenvalue weighted by Crippen LogP contribution is 2.34. The lowest BCUT2D eigenvalue weighted by molar-refractivity contribution is 0.0917. The lowest BCUT2D eigenvalue weighted by atomic mass is 9.84. The van der Waals surface area contributed by atoms with E-state index in [1.165, 1.54) is 19.3 Å². The molecule has 1 aromatic heterocycles. The van der Waals surface area contributed by atoms with Crippen LogP contribution in [0.2, 0.25) is 0 Å². The summed E-state index contributed by atoms with van der Waals surface area (Å²) < 4.78 is 12.9. The molecule has 1 heterocycles. The molecule has 1 N–H and O–H groups in total. The van der Waals surface area contributed by atoms with Crippen LogP contribution in [0.4, 0.5) is 0 Å². The molecule has 2 atom stereocenters. The van der Waals surface area contributed by atoms with E-state index in [9.17, 15) is 9.35 Å². The van der Waals surface area contributed by atoms with E-state index in [4.69, 9.17) is 4.98 Å². The predicted molar refractivity (Wildman–Crippen MR) is 123 cm³/mol. The van der Waals surface area contributed by atoms with Gasteiger partial charge >= 0.3 is 0 Å². The van der Waals surface area contributed by atoms with Crippen LogP contribution < -0.4 is 5.32 Å². The third-order valence-electron chi connectivity index (χ3n) is 6.13. The Balaban J connectivity index is 1.82. The van der Waals surface area contributed by atoms with Crippen molar-refractivity contribution in [3.63, 3.8) is 0 Å². The average molecular weight is 421 g/mol. The van der Waals surface area contributed by atoms with E-state index in [2.05, 4.69) is 12.2 Å². The van der Waals surface area contributed by atoms with Crippen LogP contribution in [0.15, 0.2) is 59.5 Å². The van der Waals surface area contributed by atoms with Crippen molar-refractivity contribution in [2.45, 2.75) is 50.0 Å². The van der Waals surface area contributed by atoms with E-state index in [1.807, 2.05) is 54.6 Å². The molecule has 30 heavy (non-hydrogen) atoms. The number of hydrogen-bond acceptors (Lipinski definition) is 3. The summed E-state index contributed by atoms with van der Waals surface area (Å²) in [6.07, 6.45) is 7.67. The van der Waals surface area contributed by atoms with Gasteiger partial charge in [-0.2, -0.15) is 0 Å². The molecule has 1 saturated carbocycles. The number of carbonyl (C=O) groups excluding carboxylic acids is 1. The van der Waals surface area contributed by atoms with Crippen LogP contribution in [0.3, 0.4) is 0 Å². The summed E-state index contributed by atoms with van der Waals surface area (Å²) in [5, 5.41) is 3.98. The molecule has 0 aliphatic heterocycles. The number of aromatic nitrogens is 1. The third-order valence-corrected chi connectivity index (χ3v) is 7.10. The fraction of sp³-hybridized carbons (Fsp3) is 0.360. The number of pyridine rings is 1. The van der Waals surface area contributed by atoms with E-state index in [-0.39, 0.29) is 11.9 Å². The quantitative estimate of drug-likeness (QED) is 0.567. The number of nitrogens with zero attached hydrogens (tertiary/aromatic N) is 1. The highest BCUT2D eigenvalue weighted by atomic mass is 32.2. The van der Waals surface area contributed by atoms with Gasteiger partial charge in [0, 0.05) is 17.0 Å². The van der Waals surface area contributed by atoms with Crippen molar-refractivity contribution in [2.75, 3.05) is 6.26 Å². The summed E-state index contributed by atoms with van der Waals surface area (Å²) in [6.45, 7) is 2.10. The number of para-hydroxylation sites is 1. The van der Waals surface area contributed by atoms with Crippen LogP contribution in [0.1, 0.15) is 49.4 Å². The van der Waals surface area contributed by atoms with E-state index in [0.29, 0.717) is 22.1 Å². The Labute approximate surface area is 181 Å². The van der Waals surface area contributed by atoms with Crippen molar-refractivity contribution in [2.24, 2.45) is 5.92 Å². The molecule has 2 aromatic carbocycles. The Hall–Kier alpha value is -2.37. The lowest BCUT2D eigenvalue weighted by Gasteiger charge is -2.28. The van der Waals surface area contributed by atoms with Crippen molar-refractivity contribution in [3.8, 4) is 11.3 Å². The number of carbonyl (C=O) groups is 1. The molecule has 4 nitrogen and oxygen atoms in total. The normalized spacial score (nSPS) is 16.9. The van der Waals surface area contributed by atoms with Gasteiger partial charge in [0.1, 0.15) is 17.5 Å². The van der Waals surface area contributed by atoms with Gasteiger partial charge in [0.15, 0.2) is 4.90 Å². The van der Waals surface area contributed by atoms with E-state index >= 15 is 0 Å². The minimum Gasteiger partial charge on any atom is -0.612 e. The minimum absolute atomic E-state index is 0.0862. The zero-order chi connectivity index (χ0) is 21.1. The molecule has 0 saturated heterocycles. The molecule has 156 valence electrons. The fourth-order valence-corrected chi connectivity index (χ4v) is 5.45. The van der Waals surface area contributed by atoms with Crippen molar-refractivity contribution in [1.29, 1.82) is 0 Å². The molecule has 0 bridgehead atoms. The third kappa shape index (κ3) is 4.23. The largest absolute Gasteiger partial charge is 0.612 e. The molecule has 0 radical (unpaired) electrons. The van der Waals surface area contributed by atoms with E-state index in [0.717, 1.165) is 29.3 Å². The lowest BCUT2D eigenvalue weighted by Crippen LogP contribution is -2.39. The minimum atomic E-state index is -1.37. The molecule has 4 rings (SSSR count). The van der Waals surface area contributed by atoms with Crippen LogP contribution in [-0.2, 0) is 11.2 Å². The van der Waals surface area contributed by atoms with Gasteiger partial charge in [0.25, 0.3) is 5.91 Å². The van der Waals surface area contributed by atoms with Gasteiger partial charge in [0.2, 0.25) is 0 Å². The zero-order valence-corrected chi connectivity index (χ0v) is 18.4. The number of rotatable bonds is 5. The van der Waals surface area contributed by atoms with Crippen molar-refractivity contribution in [3.05, 3.63) is 60.2 Å². The average Bonchev–Trinajstić information content (AvgIpc) is 2.78. The first-order valence-corrected chi connectivity index (χ1v) is 12.2. The Bertz CT molecular complexity index is 1030. The maximum Gasteiger partial charge on any atom is 0.257 e. The Morgan fingerprint density at radius 1 is 1.07 bits per heavy atom. The molecule has 5 heteroatoms. The summed E-state index contributed by atoms with van der Waals surface area (Å²) in [5.74, 6) is 0.342. The number of amides is 1. The number of benzene rings is 2. The van der Waals surface area contributed by atoms with Crippen LogP contribution in [0, 0.1) is 5.92 Å². The predicted octanol–water partition coefficient (Wildman–Crippen LogP) is 5.34. The van der Waals surface area contributed by atoms with Crippen LogP contribution in [-0.4, -0.2) is 27.7 Å². The van der Waals surface area contributed by atoms with E-state index < -0.39 is 11.2 Å². The smallest absolute Gasteiger partial charge is 0.257 e. The first-order chi connectivity index (χ1) is 14.6. The Morgan fingerprint density at radius 3 is 2.43 bits per heavy atom. The fourth-order valence-electron chi connectivity index (χ4n) is 4.52. The number of hydrogen-bond donors (Lipinski definition) is 1. The summed E-state index contributed by atoms with van der Waals surface area (Å²) >= 11 is -1.37. The van der Waals surface area contributed by atoms with Gasteiger partial charge in [-0.1, -0.05) is 67.8 Å². The second-order valence-electron chi connectivity index (χ2n) is 8.16. The molecule has 1 fully saturated rings. The summed E-state index contributed by atoms with van der Waals surface area (Å²) in [6, 6.07) is 17.4. The monoisotopic (exact) mass is 420 g/mol. The highest BCUT2D eigenvalue weighted by Gasteiger charge is 2.30. The highest BCUT2D eigenvalue weighted by molar-refractivity contribution is 7.91. The molecule has 3 aromatic rings. The Morgan fingerprint density at radius 2 is 1.73 bits per heavy atom. The SMILES string of the molecule is CC(NC(=O)c1c([S+](C)[O-])c(-c2ccccc2)nc2ccccc12)C1CCCCC1. The van der Waals surface area contributed by atoms with Crippen LogP contribution in [0.5, 0.6) is 0 Å². The van der Waals surface area contributed by atoms with E-state index in [1.54, 1.807) is 6.26 Å². The molecule has 1 aliphatic carbocycles. The molecule has 2 unspecified atom stereocenters. The summed E-state index contributed by atoms with van der Waals surface area (Å²) in [7, 11) is 0. The summed E-state index contributed by atoms with van der Waals surface area (Å²) in [4.78, 5) is 18.9. The van der Waals surface area contributed by atoms with Gasteiger partial charge in [0.05, 0.1) is 5.52 Å². The van der Waals surface area contributed by atoms with Gasteiger partial charge < -0.3 is 9.87 Å². The van der Waals surface area contributed by atoms with Gasteiger partial charge in [-0.25, -0.2) is 4.98 Å². The topological polar surface area (TPSA) is 65.0 Å². The summed E-state index contributed by atoms with van der Waals surface area (Å²) in [5.41, 5.74) is 2.71. The molecular formula is C25H28N2O2S.